The van der Waals surface area contributed by atoms with Gasteiger partial charge in [-0.3, -0.25) is 4.79 Å². The molecule has 0 aromatic heterocycles. The Hall–Kier alpha value is -0.610. The monoisotopic (exact) mass is 215 g/mol. The van der Waals surface area contributed by atoms with Crippen molar-refractivity contribution in [1.82, 2.24) is 0 Å². The molecule has 0 spiro atoms. The van der Waals surface area contributed by atoms with Gasteiger partial charge in [-0.05, 0) is 40.0 Å². The zero-order chi connectivity index (χ0) is 11.5. The van der Waals surface area contributed by atoms with Crippen molar-refractivity contribution >= 4 is 5.97 Å². The van der Waals surface area contributed by atoms with E-state index in [1.807, 2.05) is 20.8 Å². The van der Waals surface area contributed by atoms with Crippen LogP contribution in [0, 0.1) is 0 Å². The van der Waals surface area contributed by atoms with Crippen LogP contribution in [0.15, 0.2) is 0 Å². The lowest BCUT2D eigenvalue weighted by Crippen LogP contribution is -2.51. The van der Waals surface area contributed by atoms with Crippen molar-refractivity contribution in [2.24, 2.45) is 5.73 Å². The van der Waals surface area contributed by atoms with E-state index in [1.165, 1.54) is 0 Å². The maximum atomic E-state index is 11.9. The molecular formula is C11H21NO3. The van der Waals surface area contributed by atoms with Crippen LogP contribution in [-0.2, 0) is 14.3 Å². The highest BCUT2D eigenvalue weighted by Gasteiger charge is 2.38. The molecule has 0 bridgehead atoms. The summed E-state index contributed by atoms with van der Waals surface area (Å²) < 4.78 is 10.6. The fourth-order valence-corrected chi connectivity index (χ4v) is 1.55. The molecular weight excluding hydrogens is 194 g/mol. The molecule has 1 saturated heterocycles. The van der Waals surface area contributed by atoms with E-state index in [9.17, 15) is 4.79 Å². The van der Waals surface area contributed by atoms with E-state index in [-0.39, 0.29) is 5.97 Å². The van der Waals surface area contributed by atoms with Crippen LogP contribution in [0.3, 0.4) is 0 Å². The van der Waals surface area contributed by atoms with E-state index in [4.69, 9.17) is 15.2 Å². The second-order valence-corrected chi connectivity index (χ2v) is 5.12. The van der Waals surface area contributed by atoms with Gasteiger partial charge in [0.1, 0.15) is 11.1 Å². The number of carbonyl (C=O) groups excluding carboxylic acids is 1. The molecule has 15 heavy (non-hydrogen) atoms. The average molecular weight is 215 g/mol. The van der Waals surface area contributed by atoms with Crippen molar-refractivity contribution in [3.63, 3.8) is 0 Å². The average Bonchev–Trinajstić information content (AvgIpc) is 2.28. The summed E-state index contributed by atoms with van der Waals surface area (Å²) in [5, 5.41) is 0. The summed E-state index contributed by atoms with van der Waals surface area (Å²) in [7, 11) is 0. The Morgan fingerprint density at radius 1 is 1.33 bits per heavy atom. The van der Waals surface area contributed by atoms with E-state index in [0.29, 0.717) is 26.1 Å². The number of hydrogen-bond donors (Lipinski definition) is 1. The first kappa shape index (κ1) is 12.5. The van der Waals surface area contributed by atoms with Gasteiger partial charge in [-0.1, -0.05) is 0 Å². The van der Waals surface area contributed by atoms with Gasteiger partial charge >= 0.3 is 5.97 Å². The fraction of sp³-hybridized carbons (Fsp3) is 0.909. The zero-order valence-corrected chi connectivity index (χ0v) is 9.84. The third kappa shape index (κ3) is 3.80. The van der Waals surface area contributed by atoms with Gasteiger partial charge in [0.05, 0.1) is 0 Å². The van der Waals surface area contributed by atoms with Gasteiger partial charge < -0.3 is 15.2 Å². The first-order valence-corrected chi connectivity index (χ1v) is 5.44. The molecule has 0 aliphatic carbocycles. The summed E-state index contributed by atoms with van der Waals surface area (Å²) in [5.74, 6) is -0.305. The molecule has 1 aliphatic rings. The second-order valence-electron chi connectivity index (χ2n) is 5.12. The summed E-state index contributed by atoms with van der Waals surface area (Å²) in [4.78, 5) is 11.9. The number of esters is 1. The van der Waals surface area contributed by atoms with Gasteiger partial charge in [-0.25, -0.2) is 0 Å². The predicted molar refractivity (Wildman–Crippen MR) is 57.4 cm³/mol. The zero-order valence-electron chi connectivity index (χ0n) is 9.84. The Bertz CT molecular complexity index is 224. The summed E-state index contributed by atoms with van der Waals surface area (Å²) >= 11 is 0. The van der Waals surface area contributed by atoms with Crippen LogP contribution in [0.25, 0.3) is 0 Å². The standard InChI is InChI=1S/C11H21NO3/c1-10(2,3)15-9(13)11(12)5-4-7-14-8-6-11/h4-8,12H2,1-3H3. The van der Waals surface area contributed by atoms with E-state index in [1.54, 1.807) is 0 Å². The number of hydrogen-bond acceptors (Lipinski definition) is 4. The third-order valence-electron chi connectivity index (χ3n) is 2.41. The lowest BCUT2D eigenvalue weighted by atomic mass is 9.92. The van der Waals surface area contributed by atoms with Crippen molar-refractivity contribution in [3.8, 4) is 0 Å². The Morgan fingerprint density at radius 2 is 2.00 bits per heavy atom. The maximum Gasteiger partial charge on any atom is 0.326 e. The van der Waals surface area contributed by atoms with Gasteiger partial charge in [0.25, 0.3) is 0 Å². The van der Waals surface area contributed by atoms with Crippen molar-refractivity contribution in [2.45, 2.75) is 51.2 Å². The van der Waals surface area contributed by atoms with Crippen molar-refractivity contribution in [2.75, 3.05) is 13.2 Å². The second kappa shape index (κ2) is 4.49. The van der Waals surface area contributed by atoms with E-state index in [0.717, 1.165) is 6.42 Å². The van der Waals surface area contributed by atoms with Gasteiger partial charge in [-0.2, -0.15) is 0 Å². The highest BCUT2D eigenvalue weighted by Crippen LogP contribution is 2.22. The molecule has 1 rings (SSSR count). The van der Waals surface area contributed by atoms with Crippen LogP contribution in [0.1, 0.15) is 40.0 Å². The van der Waals surface area contributed by atoms with Gasteiger partial charge in [0.2, 0.25) is 0 Å². The molecule has 0 amide bonds. The fourth-order valence-electron chi connectivity index (χ4n) is 1.55. The van der Waals surface area contributed by atoms with E-state index in [2.05, 4.69) is 0 Å². The molecule has 0 radical (unpaired) electrons. The Labute approximate surface area is 91.1 Å². The quantitative estimate of drug-likeness (QED) is 0.668. The molecule has 4 heteroatoms. The van der Waals surface area contributed by atoms with Crippen molar-refractivity contribution < 1.29 is 14.3 Å². The van der Waals surface area contributed by atoms with Crippen molar-refractivity contribution in [3.05, 3.63) is 0 Å². The lowest BCUT2D eigenvalue weighted by Gasteiger charge is -2.29. The van der Waals surface area contributed by atoms with Gasteiger partial charge in [0, 0.05) is 13.2 Å². The highest BCUT2D eigenvalue weighted by molar-refractivity contribution is 5.80. The SMILES string of the molecule is CC(C)(C)OC(=O)C1(N)CCCOCC1. The van der Waals surface area contributed by atoms with Crippen LogP contribution in [0.2, 0.25) is 0 Å². The molecule has 1 aliphatic heterocycles. The largest absolute Gasteiger partial charge is 0.459 e. The summed E-state index contributed by atoms with van der Waals surface area (Å²) in [6, 6.07) is 0. The predicted octanol–water partition coefficient (Wildman–Crippen LogP) is 1.23. The van der Waals surface area contributed by atoms with E-state index >= 15 is 0 Å². The minimum absolute atomic E-state index is 0.305. The first-order chi connectivity index (χ1) is 6.83. The molecule has 1 fully saturated rings. The molecule has 88 valence electrons. The molecule has 1 atom stereocenters. The molecule has 0 aromatic carbocycles. The minimum Gasteiger partial charge on any atom is -0.459 e. The van der Waals surface area contributed by atoms with Crippen LogP contribution in [-0.4, -0.2) is 30.3 Å². The molecule has 0 aromatic rings. The highest BCUT2D eigenvalue weighted by atomic mass is 16.6. The minimum atomic E-state index is -0.857. The molecule has 2 N–H and O–H groups in total. The number of rotatable bonds is 1. The smallest absolute Gasteiger partial charge is 0.326 e. The number of ether oxygens (including phenoxy) is 2. The molecule has 1 unspecified atom stereocenters. The number of nitrogens with two attached hydrogens (primary N) is 1. The van der Waals surface area contributed by atoms with Crippen LogP contribution in [0.5, 0.6) is 0 Å². The molecule has 0 saturated carbocycles. The van der Waals surface area contributed by atoms with Gasteiger partial charge in [0.15, 0.2) is 0 Å². The van der Waals surface area contributed by atoms with Crippen molar-refractivity contribution in [1.29, 1.82) is 0 Å². The van der Waals surface area contributed by atoms with Gasteiger partial charge in [-0.15, -0.1) is 0 Å². The molecule has 1 heterocycles. The normalized spacial score (nSPS) is 28.3. The number of carbonyl (C=O) groups is 1. The first-order valence-electron chi connectivity index (χ1n) is 5.44. The Balaban J connectivity index is 2.62. The lowest BCUT2D eigenvalue weighted by molar-refractivity contribution is -0.162. The van der Waals surface area contributed by atoms with E-state index < -0.39 is 11.1 Å². The van der Waals surface area contributed by atoms with Crippen LogP contribution >= 0.6 is 0 Å². The summed E-state index contributed by atoms with van der Waals surface area (Å²) in [5.41, 5.74) is 4.72. The summed E-state index contributed by atoms with van der Waals surface area (Å²) in [6.07, 6.45) is 2.00. The molecule has 4 nitrogen and oxygen atoms in total. The Morgan fingerprint density at radius 3 is 2.60 bits per heavy atom. The summed E-state index contributed by atoms with van der Waals surface area (Å²) in [6.45, 7) is 6.77. The topological polar surface area (TPSA) is 61.5 Å². The van der Waals surface area contributed by atoms with Crippen LogP contribution in [0.4, 0.5) is 0 Å². The van der Waals surface area contributed by atoms with Crippen LogP contribution < -0.4 is 5.73 Å². The third-order valence-corrected chi connectivity index (χ3v) is 2.41. The maximum absolute atomic E-state index is 11.9. The Kier molecular flexibility index (Phi) is 3.73.